The van der Waals surface area contributed by atoms with Crippen LogP contribution in [0.3, 0.4) is 0 Å². The Kier molecular flexibility index (Phi) is 5.09. The molecule has 96 valence electrons. The summed E-state index contributed by atoms with van der Waals surface area (Å²) in [7, 11) is 0. The van der Waals surface area contributed by atoms with Crippen molar-refractivity contribution in [2.75, 3.05) is 6.61 Å². The van der Waals surface area contributed by atoms with Gasteiger partial charge in [0.05, 0.1) is 12.3 Å². The molecule has 2 N–H and O–H groups in total. The molecular weight excluding hydrogens is 298 g/mol. The Morgan fingerprint density at radius 1 is 1.28 bits per heavy atom. The van der Waals surface area contributed by atoms with Gasteiger partial charge in [0.1, 0.15) is 5.57 Å². The van der Waals surface area contributed by atoms with Crippen LogP contribution in [0.5, 0.6) is 0 Å². The number of carbonyl (C=O) groups is 2. The lowest BCUT2D eigenvalue weighted by atomic mass is 10.0. The van der Waals surface area contributed by atoms with E-state index in [0.717, 1.165) is 4.47 Å². The Hall–Kier alpha value is -1.62. The molecule has 18 heavy (non-hydrogen) atoms. The van der Waals surface area contributed by atoms with Crippen molar-refractivity contribution in [3.05, 3.63) is 39.9 Å². The highest BCUT2D eigenvalue weighted by atomic mass is 79.9. The molecule has 1 rings (SSSR count). The minimum Gasteiger partial charge on any atom is -0.462 e. The van der Waals surface area contributed by atoms with E-state index in [2.05, 4.69) is 15.9 Å². The second-order valence-corrected chi connectivity index (χ2v) is 4.49. The van der Waals surface area contributed by atoms with Crippen LogP contribution in [-0.4, -0.2) is 18.4 Å². The molecule has 4 nitrogen and oxygen atoms in total. The Bertz CT molecular complexity index is 491. The number of Topliss-reactive ketones (excluding diaryl/α,β-unsaturated/α-hetero) is 1. The van der Waals surface area contributed by atoms with E-state index in [1.807, 2.05) is 0 Å². The molecule has 1 aromatic rings. The molecule has 5 heteroatoms. The predicted molar refractivity (Wildman–Crippen MR) is 72.6 cm³/mol. The van der Waals surface area contributed by atoms with Gasteiger partial charge in [-0.05, 0) is 31.5 Å². The summed E-state index contributed by atoms with van der Waals surface area (Å²) >= 11 is 3.30. The molecule has 0 aliphatic carbocycles. The number of esters is 1. The van der Waals surface area contributed by atoms with Crippen LogP contribution in [-0.2, 0) is 14.3 Å². The molecule has 0 atom stereocenters. The van der Waals surface area contributed by atoms with Gasteiger partial charge in [0.2, 0.25) is 0 Å². The molecule has 0 saturated heterocycles. The van der Waals surface area contributed by atoms with Crippen LogP contribution < -0.4 is 5.73 Å². The van der Waals surface area contributed by atoms with Crippen molar-refractivity contribution in [1.82, 2.24) is 0 Å². The van der Waals surface area contributed by atoms with Crippen LogP contribution in [0.25, 0.3) is 5.70 Å². The molecule has 0 radical (unpaired) electrons. The number of nitrogens with two attached hydrogens (primary N) is 1. The number of hydrogen-bond acceptors (Lipinski definition) is 4. The van der Waals surface area contributed by atoms with Gasteiger partial charge in [-0.2, -0.15) is 0 Å². The first-order valence-corrected chi connectivity index (χ1v) is 6.20. The van der Waals surface area contributed by atoms with Crippen molar-refractivity contribution in [1.29, 1.82) is 0 Å². The van der Waals surface area contributed by atoms with E-state index in [9.17, 15) is 9.59 Å². The molecular formula is C13H14BrNO3. The standard InChI is InChI=1S/C13H14BrNO3/c1-3-18-13(17)11(8(2)16)12(15)9-4-6-10(14)7-5-9/h4-7H,3,15H2,1-2H3/b12-11-. The third-order valence-electron chi connectivity index (χ3n) is 2.26. The van der Waals surface area contributed by atoms with E-state index >= 15 is 0 Å². The minimum absolute atomic E-state index is 0.112. The quantitative estimate of drug-likeness (QED) is 0.401. The first kappa shape index (κ1) is 14.4. The lowest BCUT2D eigenvalue weighted by Crippen LogP contribution is -2.18. The van der Waals surface area contributed by atoms with Gasteiger partial charge in [0, 0.05) is 4.47 Å². The summed E-state index contributed by atoms with van der Waals surface area (Å²) in [6.45, 7) is 3.16. The third kappa shape index (κ3) is 3.43. The van der Waals surface area contributed by atoms with E-state index in [4.69, 9.17) is 10.5 Å². The molecule has 0 heterocycles. The van der Waals surface area contributed by atoms with Gasteiger partial charge >= 0.3 is 5.97 Å². The van der Waals surface area contributed by atoms with Crippen molar-refractivity contribution < 1.29 is 14.3 Å². The second-order valence-electron chi connectivity index (χ2n) is 3.57. The highest BCUT2D eigenvalue weighted by Gasteiger charge is 2.20. The number of hydrogen-bond donors (Lipinski definition) is 1. The zero-order valence-electron chi connectivity index (χ0n) is 10.2. The van der Waals surface area contributed by atoms with Gasteiger partial charge < -0.3 is 10.5 Å². The van der Waals surface area contributed by atoms with Gasteiger partial charge in [0.15, 0.2) is 5.78 Å². The first-order chi connectivity index (χ1) is 8.47. The van der Waals surface area contributed by atoms with Crippen molar-refractivity contribution in [3.8, 4) is 0 Å². The molecule has 0 saturated carbocycles. The molecule has 0 aromatic heterocycles. The maximum atomic E-state index is 11.7. The average molecular weight is 312 g/mol. The maximum absolute atomic E-state index is 11.7. The molecule has 0 spiro atoms. The Labute approximate surface area is 114 Å². The molecule has 0 aliphatic rings. The predicted octanol–water partition coefficient (Wildman–Crippen LogP) is 2.27. The highest BCUT2D eigenvalue weighted by Crippen LogP contribution is 2.18. The monoisotopic (exact) mass is 311 g/mol. The second kappa shape index (κ2) is 6.35. The van der Waals surface area contributed by atoms with Crippen LogP contribution in [0.2, 0.25) is 0 Å². The zero-order valence-corrected chi connectivity index (χ0v) is 11.8. The summed E-state index contributed by atoms with van der Waals surface area (Å²) in [5, 5.41) is 0. The maximum Gasteiger partial charge on any atom is 0.343 e. The summed E-state index contributed by atoms with van der Waals surface area (Å²) in [4.78, 5) is 23.2. The van der Waals surface area contributed by atoms with Crippen molar-refractivity contribution >= 4 is 33.4 Å². The van der Waals surface area contributed by atoms with E-state index in [-0.39, 0.29) is 17.9 Å². The Balaban J connectivity index is 3.23. The van der Waals surface area contributed by atoms with E-state index in [0.29, 0.717) is 5.56 Å². The van der Waals surface area contributed by atoms with Crippen molar-refractivity contribution in [2.24, 2.45) is 5.73 Å². The fourth-order valence-corrected chi connectivity index (χ4v) is 1.68. The number of ketones is 1. The number of halogens is 1. The first-order valence-electron chi connectivity index (χ1n) is 5.41. The Morgan fingerprint density at radius 3 is 2.28 bits per heavy atom. The summed E-state index contributed by atoms with van der Waals surface area (Å²) in [5.74, 6) is -1.10. The largest absolute Gasteiger partial charge is 0.462 e. The van der Waals surface area contributed by atoms with E-state index < -0.39 is 11.8 Å². The molecule has 0 aliphatic heterocycles. The van der Waals surface area contributed by atoms with Crippen LogP contribution in [0, 0.1) is 0 Å². The molecule has 0 amide bonds. The van der Waals surface area contributed by atoms with Gasteiger partial charge in [0.25, 0.3) is 0 Å². The van der Waals surface area contributed by atoms with E-state index in [1.54, 1.807) is 31.2 Å². The fraction of sp³-hybridized carbons (Fsp3) is 0.231. The van der Waals surface area contributed by atoms with Gasteiger partial charge in [-0.15, -0.1) is 0 Å². The highest BCUT2D eigenvalue weighted by molar-refractivity contribution is 9.10. The molecule has 0 fully saturated rings. The summed E-state index contributed by atoms with van der Waals surface area (Å²) in [6, 6.07) is 7.01. The summed E-state index contributed by atoms with van der Waals surface area (Å²) in [6.07, 6.45) is 0. The SMILES string of the molecule is CCOC(=O)/C(C(C)=O)=C(\N)c1ccc(Br)cc1. The minimum atomic E-state index is -0.689. The zero-order chi connectivity index (χ0) is 13.7. The smallest absolute Gasteiger partial charge is 0.343 e. The van der Waals surface area contributed by atoms with Gasteiger partial charge in [-0.3, -0.25) is 4.79 Å². The van der Waals surface area contributed by atoms with Crippen LogP contribution >= 0.6 is 15.9 Å². The lowest BCUT2D eigenvalue weighted by Gasteiger charge is -2.09. The van der Waals surface area contributed by atoms with Crippen molar-refractivity contribution in [2.45, 2.75) is 13.8 Å². The third-order valence-corrected chi connectivity index (χ3v) is 2.78. The topological polar surface area (TPSA) is 69.4 Å². The van der Waals surface area contributed by atoms with Crippen molar-refractivity contribution in [3.63, 3.8) is 0 Å². The molecule has 1 aromatic carbocycles. The lowest BCUT2D eigenvalue weighted by molar-refractivity contribution is -0.139. The number of benzene rings is 1. The van der Waals surface area contributed by atoms with Crippen LogP contribution in [0.4, 0.5) is 0 Å². The Morgan fingerprint density at radius 2 is 1.83 bits per heavy atom. The molecule has 0 unspecified atom stereocenters. The van der Waals surface area contributed by atoms with Crippen LogP contribution in [0.1, 0.15) is 19.4 Å². The number of rotatable bonds is 4. The molecule has 0 bridgehead atoms. The normalized spacial score (nSPS) is 11.7. The van der Waals surface area contributed by atoms with E-state index in [1.165, 1.54) is 6.92 Å². The number of carbonyl (C=O) groups excluding carboxylic acids is 2. The van der Waals surface area contributed by atoms with Crippen LogP contribution in [0.15, 0.2) is 34.3 Å². The summed E-state index contributed by atoms with van der Waals surface area (Å²) in [5.41, 5.74) is 6.49. The number of ether oxygens (including phenoxy) is 1. The average Bonchev–Trinajstić information content (AvgIpc) is 2.29. The summed E-state index contributed by atoms with van der Waals surface area (Å²) < 4.78 is 5.71. The fourth-order valence-electron chi connectivity index (χ4n) is 1.42. The van der Waals surface area contributed by atoms with Gasteiger partial charge in [-0.1, -0.05) is 28.1 Å². The van der Waals surface area contributed by atoms with Gasteiger partial charge in [-0.25, -0.2) is 4.79 Å².